The molecule has 104 valence electrons. The molecule has 0 saturated carbocycles. The van der Waals surface area contributed by atoms with Gasteiger partial charge in [-0.2, -0.15) is 13.2 Å². The molecule has 0 fully saturated rings. The fourth-order valence-electron chi connectivity index (χ4n) is 1.17. The van der Waals surface area contributed by atoms with Crippen molar-refractivity contribution in [1.29, 1.82) is 0 Å². The first-order valence-electron chi connectivity index (χ1n) is 5.73. The summed E-state index contributed by atoms with van der Waals surface area (Å²) in [7, 11) is 0. The molecule has 5 nitrogen and oxygen atoms in total. The van der Waals surface area contributed by atoms with Crippen molar-refractivity contribution < 1.29 is 17.6 Å². The summed E-state index contributed by atoms with van der Waals surface area (Å²) in [6.07, 6.45) is -4.97. The lowest BCUT2D eigenvalue weighted by molar-refractivity contribution is -0.134. The summed E-state index contributed by atoms with van der Waals surface area (Å²) in [4.78, 5) is 0. The molecule has 0 aromatic carbocycles. The van der Waals surface area contributed by atoms with E-state index in [0.717, 1.165) is 0 Å². The van der Waals surface area contributed by atoms with Gasteiger partial charge in [-0.15, -0.1) is 5.10 Å². The van der Waals surface area contributed by atoms with Crippen molar-refractivity contribution in [2.45, 2.75) is 45.5 Å². The van der Waals surface area contributed by atoms with Gasteiger partial charge in [0.25, 0.3) is 0 Å². The van der Waals surface area contributed by atoms with Gasteiger partial charge in [0, 0.05) is 19.0 Å². The molecule has 1 aromatic rings. The summed E-state index contributed by atoms with van der Waals surface area (Å²) in [6, 6.07) is 0.442. The zero-order valence-corrected chi connectivity index (χ0v) is 10.3. The molecular formula is C10H17F3N4O. The SMILES string of the molecule is CC(C)NCc1nnc(NCCCC(F)(F)F)o1. The van der Waals surface area contributed by atoms with Crippen LogP contribution in [0.1, 0.15) is 32.6 Å². The van der Waals surface area contributed by atoms with Gasteiger partial charge in [-0.1, -0.05) is 18.9 Å². The Hall–Kier alpha value is -1.31. The molecule has 1 heterocycles. The smallest absolute Gasteiger partial charge is 0.389 e. The number of hydrogen-bond acceptors (Lipinski definition) is 5. The maximum atomic E-state index is 11.9. The molecule has 1 aromatic heterocycles. The second-order valence-corrected chi connectivity index (χ2v) is 4.18. The third-order valence-electron chi connectivity index (χ3n) is 2.04. The van der Waals surface area contributed by atoms with E-state index in [9.17, 15) is 13.2 Å². The van der Waals surface area contributed by atoms with Crippen molar-refractivity contribution in [2.75, 3.05) is 11.9 Å². The van der Waals surface area contributed by atoms with Crippen molar-refractivity contribution in [3.05, 3.63) is 5.89 Å². The van der Waals surface area contributed by atoms with E-state index in [1.54, 1.807) is 0 Å². The topological polar surface area (TPSA) is 63.0 Å². The predicted octanol–water partition coefficient (Wildman–Crippen LogP) is 2.32. The largest absolute Gasteiger partial charge is 0.407 e. The first-order chi connectivity index (χ1) is 8.37. The fraction of sp³-hybridized carbons (Fsp3) is 0.800. The molecule has 0 bridgehead atoms. The number of aromatic nitrogens is 2. The lowest BCUT2D eigenvalue weighted by atomic mass is 10.3. The maximum Gasteiger partial charge on any atom is 0.389 e. The second kappa shape index (κ2) is 6.58. The van der Waals surface area contributed by atoms with Gasteiger partial charge in [0.2, 0.25) is 5.89 Å². The van der Waals surface area contributed by atoms with Crippen LogP contribution in [0.3, 0.4) is 0 Å². The Morgan fingerprint density at radius 2 is 2.00 bits per heavy atom. The predicted molar refractivity (Wildman–Crippen MR) is 60.1 cm³/mol. The number of alkyl halides is 3. The molecule has 0 aliphatic rings. The van der Waals surface area contributed by atoms with Gasteiger partial charge in [0.05, 0.1) is 6.54 Å². The highest BCUT2D eigenvalue weighted by atomic mass is 19.4. The number of rotatable bonds is 7. The first kappa shape index (κ1) is 14.7. The van der Waals surface area contributed by atoms with E-state index in [-0.39, 0.29) is 19.0 Å². The lowest BCUT2D eigenvalue weighted by Crippen LogP contribution is -2.21. The molecule has 0 radical (unpaired) electrons. The molecule has 1 rings (SSSR count). The van der Waals surface area contributed by atoms with E-state index in [0.29, 0.717) is 18.5 Å². The average Bonchev–Trinajstić information content (AvgIpc) is 2.68. The normalized spacial score (nSPS) is 12.1. The van der Waals surface area contributed by atoms with Crippen LogP contribution in [0.2, 0.25) is 0 Å². The molecular weight excluding hydrogens is 249 g/mol. The number of hydrogen-bond donors (Lipinski definition) is 2. The number of nitrogens with one attached hydrogen (secondary N) is 2. The zero-order valence-electron chi connectivity index (χ0n) is 10.3. The van der Waals surface area contributed by atoms with Gasteiger partial charge in [-0.25, -0.2) is 0 Å². The maximum absolute atomic E-state index is 11.9. The molecule has 0 aliphatic carbocycles. The molecule has 0 aliphatic heterocycles. The van der Waals surface area contributed by atoms with E-state index in [1.807, 2.05) is 13.8 Å². The van der Waals surface area contributed by atoms with Crippen LogP contribution in [0.5, 0.6) is 0 Å². The standard InChI is InChI=1S/C10H17F3N4O/c1-7(2)15-6-8-16-17-9(18-8)14-5-3-4-10(11,12)13/h7,15H,3-6H2,1-2H3,(H,14,17). The van der Waals surface area contributed by atoms with Gasteiger partial charge in [0.1, 0.15) is 0 Å². The van der Waals surface area contributed by atoms with Crippen molar-refractivity contribution >= 4 is 6.01 Å². The Kier molecular flexibility index (Phi) is 5.39. The van der Waals surface area contributed by atoms with Crippen molar-refractivity contribution in [2.24, 2.45) is 0 Å². The highest BCUT2D eigenvalue weighted by Gasteiger charge is 2.25. The third kappa shape index (κ3) is 6.43. The Labute approximate surface area is 103 Å². The van der Waals surface area contributed by atoms with E-state index in [1.165, 1.54) is 0 Å². The summed E-state index contributed by atoms with van der Waals surface area (Å²) < 4.78 is 40.8. The third-order valence-corrected chi connectivity index (χ3v) is 2.04. The van der Waals surface area contributed by atoms with Crippen LogP contribution in [-0.2, 0) is 6.54 Å². The van der Waals surface area contributed by atoms with Crippen LogP contribution in [0, 0.1) is 0 Å². The Bertz CT molecular complexity index is 351. The highest BCUT2D eigenvalue weighted by molar-refractivity contribution is 5.16. The Morgan fingerprint density at radius 1 is 1.28 bits per heavy atom. The average molecular weight is 266 g/mol. The molecule has 2 N–H and O–H groups in total. The van der Waals surface area contributed by atoms with Crippen molar-refractivity contribution in [3.63, 3.8) is 0 Å². The van der Waals surface area contributed by atoms with Gasteiger partial charge < -0.3 is 15.1 Å². The molecule has 0 saturated heterocycles. The highest BCUT2D eigenvalue weighted by Crippen LogP contribution is 2.21. The van der Waals surface area contributed by atoms with Crippen LogP contribution >= 0.6 is 0 Å². The summed E-state index contributed by atoms with van der Waals surface area (Å²) >= 11 is 0. The van der Waals surface area contributed by atoms with Crippen molar-refractivity contribution in [3.8, 4) is 0 Å². The van der Waals surface area contributed by atoms with Gasteiger partial charge >= 0.3 is 12.2 Å². The quantitative estimate of drug-likeness (QED) is 0.741. The summed E-state index contributed by atoms with van der Waals surface area (Å²) in [6.45, 7) is 4.55. The molecule has 0 amide bonds. The molecule has 0 spiro atoms. The lowest BCUT2D eigenvalue weighted by Gasteiger charge is -2.05. The Morgan fingerprint density at radius 3 is 2.61 bits per heavy atom. The van der Waals surface area contributed by atoms with Crippen LogP contribution in [0.4, 0.5) is 19.2 Å². The monoisotopic (exact) mass is 266 g/mol. The van der Waals surface area contributed by atoms with Crippen LogP contribution in [0.25, 0.3) is 0 Å². The van der Waals surface area contributed by atoms with Gasteiger partial charge in [0.15, 0.2) is 0 Å². The van der Waals surface area contributed by atoms with E-state index in [4.69, 9.17) is 4.42 Å². The molecule has 8 heteroatoms. The summed E-state index contributed by atoms with van der Waals surface area (Å²) in [5.74, 6) is 0.405. The minimum Gasteiger partial charge on any atom is -0.407 e. The Balaban J connectivity index is 2.23. The molecule has 0 atom stereocenters. The zero-order chi connectivity index (χ0) is 13.6. The van der Waals surface area contributed by atoms with E-state index < -0.39 is 12.6 Å². The summed E-state index contributed by atoms with van der Waals surface area (Å²) in [5, 5.41) is 13.2. The van der Waals surface area contributed by atoms with E-state index >= 15 is 0 Å². The fourth-order valence-corrected chi connectivity index (χ4v) is 1.17. The number of halogens is 3. The van der Waals surface area contributed by atoms with Crippen LogP contribution in [0.15, 0.2) is 4.42 Å². The number of nitrogens with zero attached hydrogens (tertiary/aromatic N) is 2. The number of anilines is 1. The second-order valence-electron chi connectivity index (χ2n) is 4.18. The van der Waals surface area contributed by atoms with Gasteiger partial charge in [-0.05, 0) is 6.42 Å². The van der Waals surface area contributed by atoms with Crippen LogP contribution < -0.4 is 10.6 Å². The van der Waals surface area contributed by atoms with E-state index in [2.05, 4.69) is 20.8 Å². The molecule has 18 heavy (non-hydrogen) atoms. The van der Waals surface area contributed by atoms with Crippen molar-refractivity contribution in [1.82, 2.24) is 15.5 Å². The summed E-state index contributed by atoms with van der Waals surface area (Å²) in [5.41, 5.74) is 0. The first-order valence-corrected chi connectivity index (χ1v) is 5.73. The molecule has 0 unspecified atom stereocenters. The van der Waals surface area contributed by atoms with Gasteiger partial charge in [-0.3, -0.25) is 0 Å². The minimum absolute atomic E-state index is 0.0224. The van der Waals surface area contributed by atoms with Crippen LogP contribution in [-0.4, -0.2) is 29.0 Å². The minimum atomic E-state index is -4.12.